The zero-order valence-electron chi connectivity index (χ0n) is 12.9. The molecular formula is C17H13N3O5. The molecule has 8 heteroatoms. The van der Waals surface area contributed by atoms with Crippen molar-refractivity contribution < 1.29 is 24.2 Å². The summed E-state index contributed by atoms with van der Waals surface area (Å²) in [5, 5.41) is 14.5. The lowest BCUT2D eigenvalue weighted by atomic mass is 10.1. The number of pyridine rings is 1. The first-order chi connectivity index (χ1) is 12.1. The molecule has 1 fully saturated rings. The molecule has 1 aromatic heterocycles. The molecule has 2 amide bonds. The highest BCUT2D eigenvalue weighted by atomic mass is 16.5. The number of benzene rings is 1. The van der Waals surface area contributed by atoms with Gasteiger partial charge in [-0.25, -0.2) is 9.78 Å². The Balaban J connectivity index is 1.44. The maximum absolute atomic E-state index is 11.4. The Labute approximate surface area is 141 Å². The van der Waals surface area contributed by atoms with Crippen LogP contribution in [0.2, 0.25) is 0 Å². The third-order valence-corrected chi connectivity index (χ3v) is 4.74. The van der Waals surface area contributed by atoms with Gasteiger partial charge in [0, 0.05) is 17.7 Å². The topological polar surface area (TPSA) is 110 Å². The largest absolute Gasteiger partial charge is 0.489 e. The lowest BCUT2D eigenvalue weighted by molar-refractivity contribution is -0.139. The number of rotatable bonds is 3. The van der Waals surface area contributed by atoms with Crippen LogP contribution in [0, 0.1) is 5.92 Å². The number of urea groups is 1. The molecule has 0 bridgehead atoms. The van der Waals surface area contributed by atoms with Crippen LogP contribution in [0.25, 0.3) is 0 Å². The van der Waals surface area contributed by atoms with E-state index in [-0.39, 0.29) is 18.1 Å². The summed E-state index contributed by atoms with van der Waals surface area (Å²) >= 11 is 0. The highest BCUT2D eigenvalue weighted by Gasteiger charge is 2.63. The SMILES string of the molecule is O=C1NCc2c(Oc3ccc4c(c3)[C@@H]3[C@H](O4)[C@H]3C(=O)O)ccnc2N1. The summed E-state index contributed by atoms with van der Waals surface area (Å²) in [7, 11) is 0. The number of carbonyl (C=O) groups is 2. The van der Waals surface area contributed by atoms with Crippen LogP contribution in [0.3, 0.4) is 0 Å². The highest BCUT2D eigenvalue weighted by molar-refractivity contribution is 5.91. The normalized spacial score (nSPS) is 24.8. The van der Waals surface area contributed by atoms with Gasteiger partial charge in [-0.05, 0) is 24.3 Å². The van der Waals surface area contributed by atoms with Crippen LogP contribution in [0.15, 0.2) is 30.5 Å². The molecule has 2 aliphatic heterocycles. The second-order valence-electron chi connectivity index (χ2n) is 6.22. The molecule has 0 saturated heterocycles. The van der Waals surface area contributed by atoms with Crippen molar-refractivity contribution in [2.75, 3.05) is 5.32 Å². The molecule has 0 radical (unpaired) electrons. The van der Waals surface area contributed by atoms with E-state index in [0.717, 1.165) is 11.1 Å². The van der Waals surface area contributed by atoms with Crippen LogP contribution >= 0.6 is 0 Å². The van der Waals surface area contributed by atoms with Gasteiger partial charge in [0.1, 0.15) is 35.1 Å². The van der Waals surface area contributed by atoms with Gasteiger partial charge in [0.2, 0.25) is 0 Å². The molecule has 3 N–H and O–H groups in total. The first kappa shape index (κ1) is 14.1. The second-order valence-corrected chi connectivity index (χ2v) is 6.22. The van der Waals surface area contributed by atoms with Crippen LogP contribution in [0.5, 0.6) is 17.2 Å². The van der Waals surface area contributed by atoms with Gasteiger partial charge in [-0.2, -0.15) is 0 Å². The Bertz CT molecular complexity index is 928. The quantitative estimate of drug-likeness (QED) is 0.790. The van der Waals surface area contributed by atoms with Gasteiger partial charge in [-0.1, -0.05) is 0 Å². The summed E-state index contributed by atoms with van der Waals surface area (Å²) in [5.74, 6) is 0.934. The van der Waals surface area contributed by atoms with Gasteiger partial charge in [0.05, 0.1) is 12.1 Å². The first-order valence-electron chi connectivity index (χ1n) is 7.86. The number of carbonyl (C=O) groups excluding carboxylic acids is 1. The molecule has 5 rings (SSSR count). The first-order valence-corrected chi connectivity index (χ1v) is 7.86. The number of hydrogen-bond donors (Lipinski definition) is 3. The lowest BCUT2D eigenvalue weighted by Gasteiger charge is -2.20. The van der Waals surface area contributed by atoms with E-state index >= 15 is 0 Å². The van der Waals surface area contributed by atoms with E-state index in [1.165, 1.54) is 0 Å². The Morgan fingerprint density at radius 3 is 3.08 bits per heavy atom. The summed E-state index contributed by atoms with van der Waals surface area (Å²) in [5.41, 5.74) is 1.62. The fraction of sp³-hybridized carbons (Fsp3) is 0.235. The maximum atomic E-state index is 11.4. The fourth-order valence-electron chi connectivity index (χ4n) is 3.50. The monoisotopic (exact) mass is 339 g/mol. The number of hydrogen-bond acceptors (Lipinski definition) is 5. The summed E-state index contributed by atoms with van der Waals surface area (Å²) < 4.78 is 11.6. The average molecular weight is 339 g/mol. The third-order valence-electron chi connectivity index (χ3n) is 4.74. The summed E-state index contributed by atoms with van der Waals surface area (Å²) in [6.07, 6.45) is 1.30. The molecule has 1 aliphatic carbocycles. The van der Waals surface area contributed by atoms with Gasteiger partial charge >= 0.3 is 12.0 Å². The molecule has 2 aromatic rings. The van der Waals surface area contributed by atoms with E-state index in [9.17, 15) is 14.7 Å². The maximum Gasteiger partial charge on any atom is 0.320 e. The number of nitrogens with zero attached hydrogens (tertiary/aromatic N) is 1. The molecule has 3 atom stereocenters. The Hall–Kier alpha value is -3.29. The lowest BCUT2D eigenvalue weighted by Crippen LogP contribution is -2.34. The van der Waals surface area contributed by atoms with Gasteiger partial charge in [0.15, 0.2) is 0 Å². The third kappa shape index (κ3) is 2.10. The zero-order valence-corrected chi connectivity index (χ0v) is 12.9. The molecule has 1 saturated carbocycles. The number of fused-ring (bicyclic) bond motifs is 4. The number of anilines is 1. The molecule has 3 heterocycles. The van der Waals surface area contributed by atoms with E-state index in [1.807, 2.05) is 6.07 Å². The molecule has 25 heavy (non-hydrogen) atoms. The summed E-state index contributed by atoms with van der Waals surface area (Å²) in [6.45, 7) is 0.324. The number of ether oxygens (including phenoxy) is 2. The summed E-state index contributed by atoms with van der Waals surface area (Å²) in [4.78, 5) is 26.7. The van der Waals surface area contributed by atoms with Crippen LogP contribution in [0.4, 0.5) is 10.6 Å². The van der Waals surface area contributed by atoms with Gasteiger partial charge < -0.3 is 19.9 Å². The smallest absolute Gasteiger partial charge is 0.320 e. The number of aromatic nitrogens is 1. The van der Waals surface area contributed by atoms with Crippen molar-refractivity contribution in [2.24, 2.45) is 5.92 Å². The van der Waals surface area contributed by atoms with E-state index in [1.54, 1.807) is 24.4 Å². The van der Waals surface area contributed by atoms with Crippen LogP contribution < -0.4 is 20.1 Å². The minimum Gasteiger partial charge on any atom is -0.489 e. The van der Waals surface area contributed by atoms with Crippen molar-refractivity contribution in [1.29, 1.82) is 0 Å². The number of nitrogens with one attached hydrogen (secondary N) is 2. The summed E-state index contributed by atoms with van der Waals surface area (Å²) in [6, 6.07) is 6.82. The standard InChI is InChI=1S/C17H13N3O5/c21-16(22)13-12-8-5-7(1-2-10(8)25-14(12)13)24-11-3-4-18-15-9(11)6-19-17(23)20-15/h1-5,12-14H,6H2,(H,21,22)(H2,18,19,20,23)/t12-,13-,14-/m0/s1. The molecule has 0 spiro atoms. The van der Waals surface area contributed by atoms with E-state index in [4.69, 9.17) is 9.47 Å². The molecule has 0 unspecified atom stereocenters. The van der Waals surface area contributed by atoms with Crippen LogP contribution in [0.1, 0.15) is 17.0 Å². The minimum absolute atomic E-state index is 0.108. The molecule has 126 valence electrons. The molecule has 8 nitrogen and oxygen atoms in total. The fourth-order valence-corrected chi connectivity index (χ4v) is 3.50. The van der Waals surface area contributed by atoms with Crippen molar-refractivity contribution in [3.05, 3.63) is 41.6 Å². The average Bonchev–Trinajstić information content (AvgIpc) is 3.19. The van der Waals surface area contributed by atoms with E-state index in [2.05, 4.69) is 15.6 Å². The number of aliphatic carboxylic acids is 1. The van der Waals surface area contributed by atoms with Crippen molar-refractivity contribution in [3.8, 4) is 17.2 Å². The minimum atomic E-state index is -0.836. The zero-order chi connectivity index (χ0) is 17.1. The Morgan fingerprint density at radius 1 is 1.36 bits per heavy atom. The van der Waals surface area contributed by atoms with E-state index in [0.29, 0.717) is 29.6 Å². The van der Waals surface area contributed by atoms with Crippen LogP contribution in [-0.2, 0) is 11.3 Å². The van der Waals surface area contributed by atoms with Crippen molar-refractivity contribution in [3.63, 3.8) is 0 Å². The molecule has 3 aliphatic rings. The Kier molecular flexibility index (Phi) is 2.74. The predicted octanol–water partition coefficient (Wildman–Crippen LogP) is 2.07. The van der Waals surface area contributed by atoms with Crippen molar-refractivity contribution >= 4 is 17.8 Å². The van der Waals surface area contributed by atoms with Gasteiger partial charge in [-0.15, -0.1) is 0 Å². The van der Waals surface area contributed by atoms with Crippen LogP contribution in [-0.4, -0.2) is 28.2 Å². The molecule has 1 aromatic carbocycles. The van der Waals surface area contributed by atoms with E-state index < -0.39 is 11.9 Å². The number of amides is 2. The number of carboxylic acid groups (broad SMARTS) is 1. The van der Waals surface area contributed by atoms with Crippen molar-refractivity contribution in [1.82, 2.24) is 10.3 Å². The molecular weight excluding hydrogens is 326 g/mol. The van der Waals surface area contributed by atoms with Crippen molar-refractivity contribution in [2.45, 2.75) is 18.6 Å². The van der Waals surface area contributed by atoms with Gasteiger partial charge in [-0.3, -0.25) is 10.1 Å². The predicted molar refractivity (Wildman–Crippen MR) is 84.9 cm³/mol. The number of carboxylic acids is 1. The second kappa shape index (κ2) is 4.85. The highest BCUT2D eigenvalue weighted by Crippen LogP contribution is 2.59. The van der Waals surface area contributed by atoms with Gasteiger partial charge in [0.25, 0.3) is 0 Å². The Morgan fingerprint density at radius 2 is 2.24 bits per heavy atom.